The molecule has 114 valence electrons. The van der Waals surface area contributed by atoms with Gasteiger partial charge in [0.15, 0.2) is 0 Å². The highest BCUT2D eigenvalue weighted by Crippen LogP contribution is 2.22. The van der Waals surface area contributed by atoms with Gasteiger partial charge in [0.1, 0.15) is 5.75 Å². The molecule has 0 aliphatic rings. The van der Waals surface area contributed by atoms with E-state index in [0.29, 0.717) is 13.2 Å². The van der Waals surface area contributed by atoms with Gasteiger partial charge in [0, 0.05) is 13.5 Å². The largest absolute Gasteiger partial charge is 0.493 e. The van der Waals surface area contributed by atoms with E-state index < -0.39 is 0 Å². The zero-order valence-corrected chi connectivity index (χ0v) is 13.5. The van der Waals surface area contributed by atoms with Gasteiger partial charge in [0.25, 0.3) is 0 Å². The fraction of sp³-hybridized carbons (Fsp3) is 0.438. The van der Waals surface area contributed by atoms with Crippen LogP contribution in [-0.4, -0.2) is 23.8 Å². The molecule has 0 fully saturated rings. The van der Waals surface area contributed by atoms with Crippen LogP contribution in [-0.2, 0) is 24.4 Å². The van der Waals surface area contributed by atoms with Gasteiger partial charge in [-0.1, -0.05) is 12.1 Å². The highest BCUT2D eigenvalue weighted by atomic mass is 32.1. The number of thiazole rings is 1. The Hall–Kier alpha value is -1.43. The maximum atomic E-state index is 9.31. The molecule has 1 aromatic carbocycles. The molecule has 0 aliphatic carbocycles. The van der Waals surface area contributed by atoms with E-state index in [4.69, 9.17) is 9.47 Å². The van der Waals surface area contributed by atoms with E-state index in [-0.39, 0.29) is 6.61 Å². The van der Waals surface area contributed by atoms with Crippen LogP contribution in [0.25, 0.3) is 0 Å². The number of ether oxygens (including phenoxy) is 2. The molecule has 0 spiro atoms. The van der Waals surface area contributed by atoms with E-state index in [0.717, 1.165) is 27.7 Å². The van der Waals surface area contributed by atoms with Crippen molar-refractivity contribution in [1.82, 2.24) is 4.98 Å². The van der Waals surface area contributed by atoms with Crippen molar-refractivity contribution in [3.63, 3.8) is 0 Å². The maximum Gasteiger partial charge on any atom is 0.122 e. The van der Waals surface area contributed by atoms with Crippen molar-refractivity contribution in [3.8, 4) is 5.75 Å². The molecule has 1 N–H and O–H groups in total. The minimum Gasteiger partial charge on any atom is -0.493 e. The predicted octanol–water partition coefficient (Wildman–Crippen LogP) is 3.02. The Labute approximate surface area is 129 Å². The molecule has 21 heavy (non-hydrogen) atoms. The first-order valence-electron chi connectivity index (χ1n) is 6.92. The van der Waals surface area contributed by atoms with Crippen molar-refractivity contribution in [3.05, 3.63) is 44.9 Å². The summed E-state index contributed by atoms with van der Waals surface area (Å²) >= 11 is 1.52. The lowest BCUT2D eigenvalue weighted by Crippen LogP contribution is -2.03. The molecule has 0 radical (unpaired) electrons. The SMILES string of the molecule is COCc1nc(CCOc2cccc(C)c2C)sc1CO. The van der Waals surface area contributed by atoms with Crippen LogP contribution in [0.5, 0.6) is 5.75 Å². The molecule has 1 heterocycles. The zero-order chi connectivity index (χ0) is 15.2. The van der Waals surface area contributed by atoms with E-state index in [1.54, 1.807) is 7.11 Å². The van der Waals surface area contributed by atoms with E-state index >= 15 is 0 Å². The predicted molar refractivity (Wildman–Crippen MR) is 83.9 cm³/mol. The Morgan fingerprint density at radius 2 is 2.10 bits per heavy atom. The number of hydrogen-bond donors (Lipinski definition) is 1. The number of aliphatic hydroxyl groups is 1. The van der Waals surface area contributed by atoms with Crippen LogP contribution < -0.4 is 4.74 Å². The molecule has 0 unspecified atom stereocenters. The lowest BCUT2D eigenvalue weighted by molar-refractivity contribution is 0.178. The van der Waals surface area contributed by atoms with E-state index in [1.807, 2.05) is 12.1 Å². The molecule has 1 aromatic heterocycles. The summed E-state index contributed by atoms with van der Waals surface area (Å²) in [6.45, 7) is 5.16. The molecule has 0 aliphatic heterocycles. The first-order chi connectivity index (χ1) is 10.2. The third-order valence-corrected chi connectivity index (χ3v) is 4.52. The number of benzene rings is 1. The fourth-order valence-electron chi connectivity index (χ4n) is 2.05. The van der Waals surface area contributed by atoms with Crippen LogP contribution >= 0.6 is 11.3 Å². The number of methoxy groups -OCH3 is 1. The first-order valence-corrected chi connectivity index (χ1v) is 7.73. The van der Waals surface area contributed by atoms with Gasteiger partial charge in [0.2, 0.25) is 0 Å². The molecule has 0 bridgehead atoms. The van der Waals surface area contributed by atoms with Gasteiger partial charge in [-0.15, -0.1) is 11.3 Å². The van der Waals surface area contributed by atoms with Gasteiger partial charge in [-0.3, -0.25) is 0 Å². The summed E-state index contributed by atoms with van der Waals surface area (Å²) in [5.41, 5.74) is 3.23. The molecule has 2 aromatic rings. The van der Waals surface area contributed by atoms with Crippen LogP contribution in [0.1, 0.15) is 26.7 Å². The van der Waals surface area contributed by atoms with E-state index in [9.17, 15) is 5.11 Å². The van der Waals surface area contributed by atoms with Crippen molar-refractivity contribution in [2.45, 2.75) is 33.5 Å². The van der Waals surface area contributed by atoms with Crippen LogP contribution in [0.15, 0.2) is 18.2 Å². The second-order valence-corrected chi connectivity index (χ2v) is 6.03. The highest BCUT2D eigenvalue weighted by molar-refractivity contribution is 7.11. The molecule has 0 amide bonds. The minimum atomic E-state index is 0.00814. The first kappa shape index (κ1) is 15.9. The average Bonchev–Trinajstić information content (AvgIpc) is 2.86. The number of hydrogen-bond acceptors (Lipinski definition) is 5. The van der Waals surface area contributed by atoms with Gasteiger partial charge >= 0.3 is 0 Å². The number of aromatic nitrogens is 1. The Morgan fingerprint density at radius 3 is 2.81 bits per heavy atom. The smallest absolute Gasteiger partial charge is 0.122 e. The van der Waals surface area contributed by atoms with Crippen LogP contribution in [0, 0.1) is 13.8 Å². The van der Waals surface area contributed by atoms with Gasteiger partial charge in [0.05, 0.1) is 35.4 Å². The van der Waals surface area contributed by atoms with Crippen LogP contribution in [0.2, 0.25) is 0 Å². The van der Waals surface area contributed by atoms with E-state index in [1.165, 1.54) is 22.5 Å². The summed E-state index contributed by atoms with van der Waals surface area (Å²) < 4.78 is 10.9. The maximum absolute atomic E-state index is 9.31. The van der Waals surface area contributed by atoms with Crippen molar-refractivity contribution in [1.29, 1.82) is 0 Å². The third kappa shape index (κ3) is 4.03. The normalized spacial score (nSPS) is 10.9. The summed E-state index contributed by atoms with van der Waals surface area (Å²) in [7, 11) is 1.63. The Balaban J connectivity index is 1.95. The van der Waals surface area contributed by atoms with Crippen LogP contribution in [0.3, 0.4) is 0 Å². The number of aryl methyl sites for hydroxylation is 1. The molecule has 0 saturated heterocycles. The quantitative estimate of drug-likeness (QED) is 0.854. The second kappa shape index (κ2) is 7.54. The Bertz CT molecular complexity index is 595. The van der Waals surface area contributed by atoms with Gasteiger partial charge < -0.3 is 14.6 Å². The van der Waals surface area contributed by atoms with Crippen molar-refractivity contribution in [2.75, 3.05) is 13.7 Å². The Morgan fingerprint density at radius 1 is 1.29 bits per heavy atom. The molecule has 4 nitrogen and oxygen atoms in total. The van der Waals surface area contributed by atoms with Gasteiger partial charge in [-0.25, -0.2) is 4.98 Å². The van der Waals surface area contributed by atoms with Gasteiger partial charge in [-0.2, -0.15) is 0 Å². The van der Waals surface area contributed by atoms with Crippen molar-refractivity contribution < 1.29 is 14.6 Å². The molecule has 0 atom stereocenters. The monoisotopic (exact) mass is 307 g/mol. The highest BCUT2D eigenvalue weighted by Gasteiger charge is 2.10. The number of rotatable bonds is 7. The number of aliphatic hydroxyl groups excluding tert-OH is 1. The molecule has 2 rings (SSSR count). The second-order valence-electron chi connectivity index (χ2n) is 4.87. The van der Waals surface area contributed by atoms with Crippen molar-refractivity contribution in [2.24, 2.45) is 0 Å². The fourth-order valence-corrected chi connectivity index (χ4v) is 2.96. The summed E-state index contributed by atoms with van der Waals surface area (Å²) in [4.78, 5) is 5.37. The standard InChI is InChI=1S/C16H21NO3S/c1-11-5-4-6-14(12(11)2)20-8-7-16-17-13(10-19-3)15(9-18)21-16/h4-6,18H,7-10H2,1-3H3. The van der Waals surface area contributed by atoms with Crippen LogP contribution in [0.4, 0.5) is 0 Å². The zero-order valence-electron chi connectivity index (χ0n) is 12.7. The summed E-state index contributed by atoms with van der Waals surface area (Å²) in [5.74, 6) is 0.922. The minimum absolute atomic E-state index is 0.00814. The lowest BCUT2D eigenvalue weighted by Gasteiger charge is -2.09. The third-order valence-electron chi connectivity index (χ3n) is 3.38. The van der Waals surface area contributed by atoms with E-state index in [2.05, 4.69) is 24.9 Å². The molecular formula is C16H21NO3S. The summed E-state index contributed by atoms with van der Waals surface area (Å²) in [6.07, 6.45) is 0.731. The lowest BCUT2D eigenvalue weighted by atomic mass is 10.1. The summed E-state index contributed by atoms with van der Waals surface area (Å²) in [6, 6.07) is 6.06. The Kier molecular flexibility index (Phi) is 5.73. The van der Waals surface area contributed by atoms with Gasteiger partial charge in [-0.05, 0) is 31.0 Å². The summed E-state index contributed by atoms with van der Waals surface area (Å²) in [5, 5.41) is 10.3. The average molecular weight is 307 g/mol. The molecular weight excluding hydrogens is 286 g/mol. The topological polar surface area (TPSA) is 51.6 Å². The van der Waals surface area contributed by atoms with Crippen molar-refractivity contribution >= 4 is 11.3 Å². The number of nitrogens with zero attached hydrogens (tertiary/aromatic N) is 1. The molecule has 5 heteroatoms. The molecule has 0 saturated carbocycles.